The van der Waals surface area contributed by atoms with Gasteiger partial charge in [0.2, 0.25) is 5.60 Å². The molecule has 2 saturated heterocycles. The molecule has 3 aromatic rings. The number of carbonyl (C=O) groups is 2. The molecule has 56 heavy (non-hydrogen) atoms. The summed E-state index contributed by atoms with van der Waals surface area (Å²) in [5.74, 6) is -1.25. The number of benzene rings is 1. The zero-order valence-corrected chi connectivity index (χ0v) is 32.0. The molecule has 15 heteroatoms. The summed E-state index contributed by atoms with van der Waals surface area (Å²) < 4.78 is 89.8. The first kappa shape index (κ1) is 41.5. The second-order valence-electron chi connectivity index (χ2n) is 15.3. The molecule has 6 rings (SSSR count). The maximum Gasteiger partial charge on any atom is 0.425 e. The third kappa shape index (κ3) is 8.58. The number of piperidine rings is 2. The molecule has 8 nitrogen and oxygen atoms in total. The molecule has 2 aliphatic heterocycles. The number of aliphatic hydroxyl groups is 2. The predicted molar refractivity (Wildman–Crippen MR) is 198 cm³/mol. The van der Waals surface area contributed by atoms with Crippen molar-refractivity contribution in [1.82, 2.24) is 14.8 Å². The highest BCUT2D eigenvalue weighted by Crippen LogP contribution is 2.44. The third-order valence-electron chi connectivity index (χ3n) is 11.7. The first-order chi connectivity index (χ1) is 26.5. The number of amides is 2. The molecule has 3 fully saturated rings. The van der Waals surface area contributed by atoms with Gasteiger partial charge in [0.05, 0.1) is 23.0 Å². The van der Waals surface area contributed by atoms with Gasteiger partial charge in [0.15, 0.2) is 0 Å². The number of ether oxygens (including phenoxy) is 1. The summed E-state index contributed by atoms with van der Waals surface area (Å²) >= 11 is 0.388. The van der Waals surface area contributed by atoms with E-state index < -0.39 is 57.5 Å². The first-order valence-corrected chi connectivity index (χ1v) is 20.0. The fraction of sp³-hybridized carbons (Fsp3) is 0.537. The number of aliphatic hydroxyl groups excluding tert-OH is 1. The summed E-state index contributed by atoms with van der Waals surface area (Å²) in [7, 11) is 0. The van der Waals surface area contributed by atoms with E-state index in [-0.39, 0.29) is 69.2 Å². The molecule has 2 atom stereocenters. The van der Waals surface area contributed by atoms with Crippen molar-refractivity contribution in [3.05, 3.63) is 93.6 Å². The zero-order valence-electron chi connectivity index (χ0n) is 31.2. The van der Waals surface area contributed by atoms with Crippen molar-refractivity contribution >= 4 is 23.2 Å². The van der Waals surface area contributed by atoms with E-state index in [1.807, 2.05) is 24.3 Å². The van der Waals surface area contributed by atoms with Crippen molar-refractivity contribution in [3.8, 4) is 5.75 Å². The molecule has 3 aliphatic rings. The fourth-order valence-electron chi connectivity index (χ4n) is 8.86. The first-order valence-electron chi connectivity index (χ1n) is 19.1. The summed E-state index contributed by atoms with van der Waals surface area (Å²) in [6.45, 7) is 5.55. The van der Waals surface area contributed by atoms with E-state index in [1.165, 1.54) is 9.80 Å². The van der Waals surface area contributed by atoms with Crippen LogP contribution in [0.3, 0.4) is 0 Å². The average molecular weight is 808 g/mol. The van der Waals surface area contributed by atoms with Crippen LogP contribution in [0.2, 0.25) is 0 Å². The predicted octanol–water partition coefficient (Wildman–Crippen LogP) is 9.33. The number of aromatic nitrogens is 1. The van der Waals surface area contributed by atoms with Crippen LogP contribution in [0.5, 0.6) is 5.75 Å². The molecule has 304 valence electrons. The van der Waals surface area contributed by atoms with Crippen molar-refractivity contribution in [2.45, 2.75) is 107 Å². The molecule has 2 amide bonds. The smallest absolute Gasteiger partial charge is 0.425 e. The highest BCUT2D eigenvalue weighted by atomic mass is 32.1. The van der Waals surface area contributed by atoms with E-state index in [1.54, 1.807) is 6.92 Å². The number of nitrogens with zero attached hydrogens (tertiary/aromatic N) is 3. The number of alkyl halides is 6. The van der Waals surface area contributed by atoms with Crippen LogP contribution >= 0.6 is 11.3 Å². The van der Waals surface area contributed by atoms with Gasteiger partial charge in [0, 0.05) is 49.6 Å². The molecule has 0 unspecified atom stereocenters. The second-order valence-corrected chi connectivity index (χ2v) is 16.2. The lowest BCUT2D eigenvalue weighted by Crippen LogP contribution is -2.68. The Morgan fingerprint density at radius 2 is 1.68 bits per heavy atom. The summed E-state index contributed by atoms with van der Waals surface area (Å²) in [6.07, 6.45) is -3.43. The standard InChI is InChI=1S/C41H47F6N3O5S/c1-3-8-33-39(55-30-24-34(56-25-30)41(45,46)47,16-7-20-50(33)36(52)35-32(40(42,43)44)11-6-19-48-35)37(53)49-21-17-38(54,18-22-49)31-10-5-4-9-29(31)23-27-12-14-28(15-13-27)26(2)51/h4-6,9-11,19,24-25,27-28,33,51,54H,2-3,7-8,12-18,20-23H2,1H3/t27-,28+,33-,39+/m1/s1. The number of thiophene rings is 1. The lowest BCUT2D eigenvalue weighted by atomic mass is 9.75. The van der Waals surface area contributed by atoms with Crippen LogP contribution < -0.4 is 4.74 Å². The Bertz CT molecular complexity index is 1880. The van der Waals surface area contributed by atoms with Gasteiger partial charge < -0.3 is 24.7 Å². The van der Waals surface area contributed by atoms with Crippen molar-refractivity contribution < 1.29 is 50.9 Å². The minimum Gasteiger partial charge on any atom is -0.513 e. The van der Waals surface area contributed by atoms with Gasteiger partial charge >= 0.3 is 12.4 Å². The minimum atomic E-state index is -4.90. The zero-order chi connectivity index (χ0) is 40.5. The summed E-state index contributed by atoms with van der Waals surface area (Å²) in [5, 5.41) is 23.2. The highest BCUT2D eigenvalue weighted by molar-refractivity contribution is 7.10. The largest absolute Gasteiger partial charge is 0.513 e. The van der Waals surface area contributed by atoms with Crippen molar-refractivity contribution in [3.63, 3.8) is 0 Å². The number of rotatable bonds is 10. The maximum absolute atomic E-state index is 15.0. The van der Waals surface area contributed by atoms with Gasteiger partial charge in [-0.25, -0.2) is 0 Å². The van der Waals surface area contributed by atoms with Gasteiger partial charge in [-0.3, -0.25) is 14.6 Å². The molecule has 0 bridgehead atoms. The van der Waals surface area contributed by atoms with Crippen LogP contribution in [0, 0.1) is 11.8 Å². The van der Waals surface area contributed by atoms with Crippen LogP contribution in [0.1, 0.15) is 103 Å². The lowest BCUT2D eigenvalue weighted by Gasteiger charge is -2.51. The van der Waals surface area contributed by atoms with Crippen LogP contribution in [0.4, 0.5) is 26.3 Å². The lowest BCUT2D eigenvalue weighted by molar-refractivity contribution is -0.163. The van der Waals surface area contributed by atoms with E-state index >= 15 is 0 Å². The SMILES string of the molecule is C=C(O)[C@H]1CC[C@@H](Cc2ccccc2C2(O)CCN(C(=O)[C@]3(Oc4csc(C(F)(F)F)c4)CCCN(C(=O)c4ncccc4C(F)(F)F)[C@@H]3CCC)CC2)CC1. The van der Waals surface area contributed by atoms with E-state index in [2.05, 4.69) is 11.6 Å². The molecule has 2 N–H and O–H groups in total. The number of halogens is 6. The van der Waals surface area contributed by atoms with E-state index in [0.29, 0.717) is 23.7 Å². The molecule has 1 saturated carbocycles. The number of likely N-dealkylation sites (tertiary alicyclic amines) is 2. The molecular formula is C41H47F6N3O5S. The Kier molecular flexibility index (Phi) is 12.2. The molecule has 0 radical (unpaired) electrons. The van der Waals surface area contributed by atoms with E-state index in [4.69, 9.17) is 4.74 Å². The van der Waals surface area contributed by atoms with Crippen LogP contribution in [-0.4, -0.2) is 68.1 Å². The number of carbonyl (C=O) groups excluding carboxylic acids is 2. The topological polar surface area (TPSA) is 103 Å². The number of hydrogen-bond acceptors (Lipinski definition) is 7. The van der Waals surface area contributed by atoms with Crippen molar-refractivity contribution in [1.29, 1.82) is 0 Å². The van der Waals surface area contributed by atoms with Crippen molar-refractivity contribution in [2.75, 3.05) is 19.6 Å². The molecule has 4 heterocycles. The fourth-order valence-corrected chi connectivity index (χ4v) is 9.53. The number of pyridine rings is 1. The Hall–Kier alpha value is -4.11. The minimum absolute atomic E-state index is 0.0126. The Morgan fingerprint density at radius 1 is 0.982 bits per heavy atom. The van der Waals surface area contributed by atoms with Crippen LogP contribution in [0.15, 0.2) is 66.4 Å². The molecule has 1 aromatic carbocycles. The quantitative estimate of drug-likeness (QED) is 0.156. The van der Waals surface area contributed by atoms with Gasteiger partial charge in [0.25, 0.3) is 11.8 Å². The third-order valence-corrected chi connectivity index (χ3v) is 12.7. The summed E-state index contributed by atoms with van der Waals surface area (Å²) in [4.78, 5) is 34.6. The second kappa shape index (κ2) is 16.4. The molecular weight excluding hydrogens is 761 g/mol. The monoisotopic (exact) mass is 807 g/mol. The van der Waals surface area contributed by atoms with Gasteiger partial charge in [0.1, 0.15) is 16.3 Å². The van der Waals surface area contributed by atoms with Gasteiger partial charge in [-0.2, -0.15) is 26.3 Å². The molecule has 1 aliphatic carbocycles. The van der Waals surface area contributed by atoms with Gasteiger partial charge in [-0.1, -0.05) is 44.2 Å². The molecule has 2 aromatic heterocycles. The molecule has 0 spiro atoms. The summed E-state index contributed by atoms with van der Waals surface area (Å²) in [5.41, 5.74) is -3.57. The normalized spacial score (nSPS) is 24.5. The number of hydrogen-bond donors (Lipinski definition) is 2. The van der Waals surface area contributed by atoms with E-state index in [0.717, 1.165) is 73.0 Å². The van der Waals surface area contributed by atoms with Crippen molar-refractivity contribution in [2.24, 2.45) is 11.8 Å². The Morgan fingerprint density at radius 3 is 2.30 bits per heavy atom. The van der Waals surface area contributed by atoms with Gasteiger partial charge in [-0.15, -0.1) is 11.3 Å². The Balaban J connectivity index is 1.29. The Labute approximate surface area is 326 Å². The maximum atomic E-state index is 15.0. The highest BCUT2D eigenvalue weighted by Gasteiger charge is 2.57. The van der Waals surface area contributed by atoms with Crippen LogP contribution in [-0.2, 0) is 29.2 Å². The van der Waals surface area contributed by atoms with E-state index in [9.17, 15) is 46.1 Å². The number of allylic oxidation sites excluding steroid dienone is 1. The van der Waals surface area contributed by atoms with Gasteiger partial charge in [-0.05, 0) is 87.0 Å². The average Bonchev–Trinajstić information content (AvgIpc) is 3.65. The van der Waals surface area contributed by atoms with Crippen LogP contribution in [0.25, 0.3) is 0 Å². The summed E-state index contributed by atoms with van der Waals surface area (Å²) in [6, 6.07) is 9.13.